The first-order chi connectivity index (χ1) is 9.45. The quantitative estimate of drug-likeness (QED) is 0.775. The van der Waals surface area contributed by atoms with Gasteiger partial charge in [0.2, 0.25) is 0 Å². The van der Waals surface area contributed by atoms with Gasteiger partial charge in [0.1, 0.15) is 0 Å². The Balaban J connectivity index is 2.88. The molecule has 0 bridgehead atoms. The van der Waals surface area contributed by atoms with Crippen molar-refractivity contribution in [2.75, 3.05) is 13.1 Å². The van der Waals surface area contributed by atoms with E-state index in [0.29, 0.717) is 17.9 Å². The van der Waals surface area contributed by atoms with Crippen molar-refractivity contribution in [2.24, 2.45) is 17.6 Å². The molecule has 1 rings (SSSR count). The summed E-state index contributed by atoms with van der Waals surface area (Å²) in [5.74, 6) is 1.34. The minimum atomic E-state index is 0.0960. The second-order valence-corrected chi connectivity index (χ2v) is 6.65. The molecule has 2 unspecified atom stereocenters. The van der Waals surface area contributed by atoms with Gasteiger partial charge in [0.15, 0.2) is 0 Å². The molecule has 114 valence electrons. The van der Waals surface area contributed by atoms with Crippen molar-refractivity contribution in [3.05, 3.63) is 35.9 Å². The van der Waals surface area contributed by atoms with Crippen LogP contribution in [-0.2, 0) is 0 Å². The van der Waals surface area contributed by atoms with Gasteiger partial charge in [0.05, 0.1) is 0 Å². The Morgan fingerprint density at radius 3 is 1.85 bits per heavy atom. The monoisotopic (exact) mass is 276 g/mol. The molecule has 0 aliphatic heterocycles. The Labute approximate surface area is 125 Å². The van der Waals surface area contributed by atoms with Crippen LogP contribution < -0.4 is 5.73 Å². The van der Waals surface area contributed by atoms with Crippen molar-refractivity contribution >= 4 is 0 Å². The number of hydrogen-bond acceptors (Lipinski definition) is 2. The van der Waals surface area contributed by atoms with E-state index in [1.54, 1.807) is 0 Å². The maximum Gasteiger partial charge on any atom is 0.0453 e. The molecule has 1 aromatic rings. The van der Waals surface area contributed by atoms with E-state index in [1.165, 1.54) is 5.56 Å². The van der Waals surface area contributed by atoms with E-state index in [4.69, 9.17) is 5.73 Å². The van der Waals surface area contributed by atoms with Crippen LogP contribution in [0.15, 0.2) is 30.3 Å². The second-order valence-electron chi connectivity index (χ2n) is 6.65. The van der Waals surface area contributed by atoms with Crippen LogP contribution >= 0.6 is 0 Å². The molecule has 2 atom stereocenters. The van der Waals surface area contributed by atoms with Gasteiger partial charge in [-0.3, -0.25) is 4.90 Å². The van der Waals surface area contributed by atoms with Gasteiger partial charge in [0, 0.05) is 25.2 Å². The van der Waals surface area contributed by atoms with Crippen molar-refractivity contribution in [1.29, 1.82) is 0 Å². The maximum atomic E-state index is 6.56. The Kier molecular flexibility index (Phi) is 7.25. The molecule has 0 aromatic heterocycles. The maximum absolute atomic E-state index is 6.56. The molecule has 1 aromatic carbocycles. The van der Waals surface area contributed by atoms with Crippen LogP contribution in [0.1, 0.15) is 52.6 Å². The molecule has 2 N–H and O–H groups in total. The molecular weight excluding hydrogens is 244 g/mol. The molecule has 2 nitrogen and oxygen atoms in total. The topological polar surface area (TPSA) is 29.3 Å². The van der Waals surface area contributed by atoms with Crippen LogP contribution in [0, 0.1) is 11.8 Å². The smallest absolute Gasteiger partial charge is 0.0453 e. The SMILES string of the molecule is CCC(C(N)c1ccccc1)N(CC(C)C)CC(C)C. The van der Waals surface area contributed by atoms with E-state index < -0.39 is 0 Å². The summed E-state index contributed by atoms with van der Waals surface area (Å²) in [4.78, 5) is 2.59. The Hall–Kier alpha value is -0.860. The Morgan fingerprint density at radius 2 is 1.45 bits per heavy atom. The van der Waals surface area contributed by atoms with Gasteiger partial charge < -0.3 is 5.73 Å². The van der Waals surface area contributed by atoms with Crippen LogP contribution in [0.2, 0.25) is 0 Å². The third-order valence-electron chi connectivity index (χ3n) is 3.69. The molecule has 0 heterocycles. The van der Waals surface area contributed by atoms with E-state index in [0.717, 1.165) is 19.5 Å². The normalized spacial score (nSPS) is 15.1. The highest BCUT2D eigenvalue weighted by atomic mass is 15.2. The highest BCUT2D eigenvalue weighted by Gasteiger charge is 2.25. The molecule has 0 fully saturated rings. The van der Waals surface area contributed by atoms with Crippen LogP contribution in [-0.4, -0.2) is 24.0 Å². The highest BCUT2D eigenvalue weighted by Crippen LogP contribution is 2.23. The molecule has 0 aliphatic carbocycles. The first-order valence-electron chi connectivity index (χ1n) is 8.00. The largest absolute Gasteiger partial charge is 0.323 e. The Morgan fingerprint density at radius 1 is 0.950 bits per heavy atom. The molecule has 0 aliphatic rings. The number of rotatable bonds is 8. The van der Waals surface area contributed by atoms with Gasteiger partial charge in [-0.2, -0.15) is 0 Å². The predicted molar refractivity (Wildman–Crippen MR) is 88.7 cm³/mol. The molecule has 0 spiro atoms. The lowest BCUT2D eigenvalue weighted by atomic mass is 9.95. The molecule has 0 saturated heterocycles. The average molecular weight is 276 g/mol. The molecule has 0 amide bonds. The average Bonchev–Trinajstić information content (AvgIpc) is 2.39. The Bertz CT molecular complexity index is 349. The fourth-order valence-corrected chi connectivity index (χ4v) is 2.92. The molecule has 20 heavy (non-hydrogen) atoms. The fourth-order valence-electron chi connectivity index (χ4n) is 2.92. The zero-order valence-electron chi connectivity index (χ0n) is 13.8. The lowest BCUT2D eigenvalue weighted by Gasteiger charge is -2.37. The van der Waals surface area contributed by atoms with E-state index in [2.05, 4.69) is 69.9 Å². The molecule has 0 radical (unpaired) electrons. The first-order valence-corrected chi connectivity index (χ1v) is 8.00. The van der Waals surface area contributed by atoms with Crippen molar-refractivity contribution in [3.8, 4) is 0 Å². The van der Waals surface area contributed by atoms with E-state index in [9.17, 15) is 0 Å². The molecule has 2 heteroatoms. The zero-order valence-corrected chi connectivity index (χ0v) is 13.8. The van der Waals surface area contributed by atoms with Crippen LogP contribution in [0.5, 0.6) is 0 Å². The standard InChI is InChI=1S/C18H32N2/c1-6-17(18(19)16-10-8-7-9-11-16)20(12-14(2)3)13-15(4)5/h7-11,14-15,17-18H,6,12-13,19H2,1-5H3. The van der Waals surface area contributed by atoms with E-state index in [1.807, 2.05) is 0 Å². The number of benzene rings is 1. The zero-order chi connectivity index (χ0) is 15.1. The van der Waals surface area contributed by atoms with E-state index >= 15 is 0 Å². The third-order valence-corrected chi connectivity index (χ3v) is 3.69. The molecule has 0 saturated carbocycles. The summed E-state index contributed by atoms with van der Waals surface area (Å²) in [7, 11) is 0. The summed E-state index contributed by atoms with van der Waals surface area (Å²) >= 11 is 0. The van der Waals surface area contributed by atoms with Crippen LogP contribution in [0.3, 0.4) is 0 Å². The lowest BCUT2D eigenvalue weighted by molar-refractivity contribution is 0.132. The lowest BCUT2D eigenvalue weighted by Crippen LogP contribution is -2.45. The van der Waals surface area contributed by atoms with Gasteiger partial charge in [0.25, 0.3) is 0 Å². The van der Waals surface area contributed by atoms with Crippen molar-refractivity contribution in [2.45, 2.75) is 53.1 Å². The van der Waals surface area contributed by atoms with Crippen molar-refractivity contribution < 1.29 is 0 Å². The summed E-state index contributed by atoms with van der Waals surface area (Å²) < 4.78 is 0. The first kappa shape index (κ1) is 17.2. The van der Waals surface area contributed by atoms with Crippen molar-refractivity contribution in [1.82, 2.24) is 4.90 Å². The summed E-state index contributed by atoms with van der Waals surface area (Å²) in [5.41, 5.74) is 7.81. The summed E-state index contributed by atoms with van der Waals surface area (Å²) in [6.45, 7) is 13.6. The second kappa shape index (κ2) is 8.43. The van der Waals surface area contributed by atoms with Gasteiger partial charge in [-0.15, -0.1) is 0 Å². The summed E-state index contributed by atoms with van der Waals surface area (Å²) in [5, 5.41) is 0. The van der Waals surface area contributed by atoms with E-state index in [-0.39, 0.29) is 6.04 Å². The van der Waals surface area contributed by atoms with Crippen molar-refractivity contribution in [3.63, 3.8) is 0 Å². The minimum absolute atomic E-state index is 0.0960. The van der Waals surface area contributed by atoms with Crippen LogP contribution in [0.4, 0.5) is 0 Å². The van der Waals surface area contributed by atoms with Gasteiger partial charge in [-0.1, -0.05) is 65.0 Å². The minimum Gasteiger partial charge on any atom is -0.323 e. The molecular formula is C18H32N2. The number of nitrogens with zero attached hydrogens (tertiary/aromatic N) is 1. The summed E-state index contributed by atoms with van der Waals surface area (Å²) in [6, 6.07) is 11.0. The summed E-state index contributed by atoms with van der Waals surface area (Å²) in [6.07, 6.45) is 1.09. The van der Waals surface area contributed by atoms with Crippen LogP contribution in [0.25, 0.3) is 0 Å². The van der Waals surface area contributed by atoms with Gasteiger partial charge >= 0.3 is 0 Å². The van der Waals surface area contributed by atoms with Gasteiger partial charge in [-0.25, -0.2) is 0 Å². The fraction of sp³-hybridized carbons (Fsp3) is 0.667. The highest BCUT2D eigenvalue weighted by molar-refractivity contribution is 5.20. The third kappa shape index (κ3) is 5.26. The number of hydrogen-bond donors (Lipinski definition) is 1. The number of nitrogens with two attached hydrogens (primary N) is 1. The predicted octanol–water partition coefficient (Wildman–Crippen LogP) is 4.08. The van der Waals surface area contributed by atoms with Gasteiger partial charge in [-0.05, 0) is 23.8 Å².